The Bertz CT molecular complexity index is 1050. The van der Waals surface area contributed by atoms with Crippen LogP contribution >= 0.6 is 11.6 Å². The highest BCUT2D eigenvalue weighted by Crippen LogP contribution is 2.31. The van der Waals surface area contributed by atoms with Gasteiger partial charge in [0.1, 0.15) is 12.4 Å². The van der Waals surface area contributed by atoms with E-state index in [1.165, 1.54) is 30.3 Å². The average Bonchev–Trinajstić information content (AvgIpc) is 3.12. The number of alkyl halides is 3. The number of hydrazone groups is 1. The van der Waals surface area contributed by atoms with Crippen LogP contribution in [0.4, 0.5) is 17.6 Å². The molecular formula is C17H11ClF4N6O. The van der Waals surface area contributed by atoms with Gasteiger partial charge in [0.2, 0.25) is 5.82 Å². The summed E-state index contributed by atoms with van der Waals surface area (Å²) in [5.41, 5.74) is 1.38. The molecule has 1 aromatic heterocycles. The van der Waals surface area contributed by atoms with Crippen molar-refractivity contribution in [2.24, 2.45) is 5.10 Å². The molecule has 1 N–H and O–H groups in total. The highest BCUT2D eigenvalue weighted by Gasteiger charge is 2.30. The first-order valence-electron chi connectivity index (χ1n) is 7.95. The summed E-state index contributed by atoms with van der Waals surface area (Å²) in [6.07, 6.45) is -3.47. The first-order chi connectivity index (χ1) is 13.7. The van der Waals surface area contributed by atoms with E-state index in [2.05, 4.69) is 25.9 Å². The Morgan fingerprint density at radius 1 is 1.24 bits per heavy atom. The Morgan fingerprint density at radius 3 is 2.72 bits per heavy atom. The third kappa shape index (κ3) is 5.13. The predicted octanol–water partition coefficient (Wildman–Crippen LogP) is 3.30. The Balaban J connectivity index is 1.64. The van der Waals surface area contributed by atoms with E-state index >= 15 is 0 Å². The van der Waals surface area contributed by atoms with E-state index < -0.39 is 30.0 Å². The van der Waals surface area contributed by atoms with Crippen LogP contribution in [0.2, 0.25) is 5.02 Å². The quantitative estimate of drug-likeness (QED) is 0.385. The topological polar surface area (TPSA) is 85.1 Å². The summed E-state index contributed by atoms with van der Waals surface area (Å²) in [6, 6.07) is 8.47. The van der Waals surface area contributed by atoms with Gasteiger partial charge in [-0.05, 0) is 29.5 Å². The van der Waals surface area contributed by atoms with Crippen molar-refractivity contribution in [3.05, 3.63) is 64.4 Å². The molecule has 2 aromatic carbocycles. The molecule has 1 heterocycles. The molecule has 0 bridgehead atoms. The van der Waals surface area contributed by atoms with Crippen LogP contribution in [0.3, 0.4) is 0 Å². The third-order valence-corrected chi connectivity index (χ3v) is 3.90. The van der Waals surface area contributed by atoms with E-state index in [9.17, 15) is 22.4 Å². The number of carbonyl (C=O) groups excluding carboxylic acids is 1. The molecule has 0 aliphatic rings. The van der Waals surface area contributed by atoms with Crippen LogP contribution in [0.5, 0.6) is 0 Å². The second kappa shape index (κ2) is 8.35. The van der Waals surface area contributed by atoms with Gasteiger partial charge in [0.05, 0.1) is 16.8 Å². The van der Waals surface area contributed by atoms with Crippen molar-refractivity contribution in [2.75, 3.05) is 0 Å². The van der Waals surface area contributed by atoms with E-state index in [0.29, 0.717) is 0 Å². The maximum atomic E-state index is 13.6. The fraction of sp³-hybridized carbons (Fsp3) is 0.118. The average molecular weight is 427 g/mol. The van der Waals surface area contributed by atoms with Crippen molar-refractivity contribution < 1.29 is 22.4 Å². The third-order valence-electron chi connectivity index (χ3n) is 3.57. The minimum absolute atomic E-state index is 0.000167. The van der Waals surface area contributed by atoms with Crippen molar-refractivity contribution in [1.29, 1.82) is 0 Å². The van der Waals surface area contributed by atoms with Crippen LogP contribution in [0.1, 0.15) is 11.1 Å². The molecule has 0 fully saturated rings. The van der Waals surface area contributed by atoms with Gasteiger partial charge in [0.15, 0.2) is 0 Å². The molecule has 150 valence electrons. The fourth-order valence-electron chi connectivity index (χ4n) is 2.23. The summed E-state index contributed by atoms with van der Waals surface area (Å²) in [4.78, 5) is 12.8. The summed E-state index contributed by atoms with van der Waals surface area (Å²) in [5.74, 6) is -1.36. The molecule has 1 amide bonds. The minimum Gasteiger partial charge on any atom is -0.271 e. The second-order valence-corrected chi connectivity index (χ2v) is 6.06. The lowest BCUT2D eigenvalue weighted by atomic mass is 10.1. The predicted molar refractivity (Wildman–Crippen MR) is 95.4 cm³/mol. The van der Waals surface area contributed by atoms with E-state index in [1.807, 2.05) is 0 Å². The number of tetrazole rings is 1. The molecule has 7 nitrogen and oxygen atoms in total. The van der Waals surface area contributed by atoms with Crippen molar-refractivity contribution >= 4 is 23.7 Å². The molecule has 3 rings (SSSR count). The SMILES string of the molecule is O=C(Cn1nnc(-c2cccc(C(F)(F)F)c2)n1)N/N=C\c1c(F)cccc1Cl. The van der Waals surface area contributed by atoms with Crippen molar-refractivity contribution in [3.63, 3.8) is 0 Å². The Morgan fingerprint density at radius 2 is 2.00 bits per heavy atom. The van der Waals surface area contributed by atoms with E-state index in [1.54, 1.807) is 0 Å². The first-order valence-corrected chi connectivity index (χ1v) is 8.33. The summed E-state index contributed by atoms with van der Waals surface area (Å²) in [5, 5.41) is 14.9. The van der Waals surface area contributed by atoms with Gasteiger partial charge in [-0.15, -0.1) is 10.2 Å². The molecule has 29 heavy (non-hydrogen) atoms. The van der Waals surface area contributed by atoms with Crippen LogP contribution < -0.4 is 5.43 Å². The van der Waals surface area contributed by atoms with Gasteiger partial charge in [-0.3, -0.25) is 4.79 Å². The number of rotatable bonds is 5. The van der Waals surface area contributed by atoms with Gasteiger partial charge in [-0.2, -0.15) is 23.1 Å². The van der Waals surface area contributed by atoms with Crippen LogP contribution in [-0.4, -0.2) is 32.3 Å². The van der Waals surface area contributed by atoms with Gasteiger partial charge in [-0.1, -0.05) is 29.8 Å². The standard InChI is InChI=1S/C17H11ClF4N6O/c18-13-5-2-6-14(19)12(13)8-23-24-15(29)9-28-26-16(25-27-28)10-3-1-4-11(7-10)17(20,21)22/h1-8H,9H2,(H,24,29)/b23-8-. The maximum absolute atomic E-state index is 13.6. The molecule has 12 heteroatoms. The summed E-state index contributed by atoms with van der Waals surface area (Å²) in [6.45, 7) is -0.408. The second-order valence-electron chi connectivity index (χ2n) is 5.65. The van der Waals surface area contributed by atoms with Crippen molar-refractivity contribution in [1.82, 2.24) is 25.6 Å². The lowest BCUT2D eigenvalue weighted by molar-refractivity contribution is -0.137. The number of nitrogens with one attached hydrogen (secondary N) is 1. The lowest BCUT2D eigenvalue weighted by Crippen LogP contribution is -2.24. The van der Waals surface area contributed by atoms with Gasteiger partial charge in [-0.25, -0.2) is 9.82 Å². The molecular weight excluding hydrogens is 416 g/mol. The van der Waals surface area contributed by atoms with Crippen LogP contribution in [0.15, 0.2) is 47.6 Å². The van der Waals surface area contributed by atoms with Crippen LogP contribution in [0.25, 0.3) is 11.4 Å². The number of hydrogen-bond donors (Lipinski definition) is 1. The zero-order chi connectivity index (χ0) is 21.0. The van der Waals surface area contributed by atoms with E-state index in [4.69, 9.17) is 11.6 Å². The molecule has 0 spiro atoms. The van der Waals surface area contributed by atoms with Crippen LogP contribution in [0, 0.1) is 5.82 Å². The van der Waals surface area contributed by atoms with Crippen LogP contribution in [-0.2, 0) is 17.5 Å². The molecule has 0 unspecified atom stereocenters. The Kier molecular flexibility index (Phi) is 5.87. The van der Waals surface area contributed by atoms with E-state index in [0.717, 1.165) is 23.1 Å². The smallest absolute Gasteiger partial charge is 0.271 e. The number of nitrogens with zero attached hydrogens (tertiary/aromatic N) is 5. The summed E-state index contributed by atoms with van der Waals surface area (Å²) >= 11 is 5.83. The number of benzene rings is 2. The number of amides is 1. The van der Waals surface area contributed by atoms with Gasteiger partial charge < -0.3 is 0 Å². The minimum atomic E-state index is -4.51. The highest BCUT2D eigenvalue weighted by molar-refractivity contribution is 6.33. The first kappa shape index (κ1) is 20.4. The summed E-state index contributed by atoms with van der Waals surface area (Å²) in [7, 11) is 0. The Hall–Kier alpha value is -3.34. The number of carbonyl (C=O) groups is 1. The maximum Gasteiger partial charge on any atom is 0.416 e. The van der Waals surface area contributed by atoms with Crippen molar-refractivity contribution in [3.8, 4) is 11.4 Å². The molecule has 0 aliphatic carbocycles. The zero-order valence-electron chi connectivity index (χ0n) is 14.4. The van der Waals surface area contributed by atoms with Crippen molar-refractivity contribution in [2.45, 2.75) is 12.7 Å². The normalized spacial score (nSPS) is 11.8. The number of halogens is 5. The monoisotopic (exact) mass is 426 g/mol. The van der Waals surface area contributed by atoms with E-state index in [-0.39, 0.29) is 22.0 Å². The molecule has 0 atom stereocenters. The number of hydrogen-bond acceptors (Lipinski definition) is 5. The fourth-order valence-corrected chi connectivity index (χ4v) is 2.44. The lowest BCUT2D eigenvalue weighted by Gasteiger charge is -2.06. The molecule has 0 radical (unpaired) electrons. The summed E-state index contributed by atoms with van der Waals surface area (Å²) < 4.78 is 52.0. The molecule has 0 aliphatic heterocycles. The van der Waals surface area contributed by atoms with Gasteiger partial charge >= 0.3 is 6.18 Å². The molecule has 0 saturated heterocycles. The molecule has 0 saturated carbocycles. The zero-order valence-corrected chi connectivity index (χ0v) is 15.1. The Labute approximate surface area is 166 Å². The molecule has 3 aromatic rings. The highest BCUT2D eigenvalue weighted by atomic mass is 35.5. The largest absolute Gasteiger partial charge is 0.416 e. The number of aromatic nitrogens is 4. The van der Waals surface area contributed by atoms with Gasteiger partial charge in [0.25, 0.3) is 5.91 Å². The van der Waals surface area contributed by atoms with Gasteiger partial charge in [0, 0.05) is 11.1 Å².